The van der Waals surface area contributed by atoms with Crippen LogP contribution in [0.3, 0.4) is 0 Å². The molecular weight excluding hydrogens is 108 g/mol. The van der Waals surface area contributed by atoms with Gasteiger partial charge in [0.2, 0.25) is 0 Å². The molecular formula is C6H5Cl. The monoisotopic (exact) mass is 113 g/mol. The van der Waals surface area contributed by atoms with Crippen molar-refractivity contribution < 1.29 is 1.37 Å². The van der Waals surface area contributed by atoms with Gasteiger partial charge in [-0.15, -0.1) is 0 Å². The molecule has 1 aromatic rings. The summed E-state index contributed by atoms with van der Waals surface area (Å²) in [6.07, 6.45) is 0. The van der Waals surface area contributed by atoms with Gasteiger partial charge in [-0.2, -0.15) is 0 Å². The van der Waals surface area contributed by atoms with E-state index in [-0.39, 0.29) is 0 Å². The van der Waals surface area contributed by atoms with Crippen molar-refractivity contribution in [3.05, 3.63) is 35.3 Å². The minimum Gasteiger partial charge on any atom is -0.0843 e. The maximum Gasteiger partial charge on any atom is 0.0623 e. The summed E-state index contributed by atoms with van der Waals surface area (Å²) in [4.78, 5) is 0. The van der Waals surface area contributed by atoms with Gasteiger partial charge in [0, 0.05) is 5.02 Å². The molecule has 0 N–H and O–H groups in total. The topological polar surface area (TPSA) is 0 Å². The van der Waals surface area contributed by atoms with Crippen LogP contribution in [0, 0.1) is 0 Å². The van der Waals surface area contributed by atoms with Crippen molar-refractivity contribution in [3.63, 3.8) is 0 Å². The largest absolute Gasteiger partial charge is 0.0843 e. The summed E-state index contributed by atoms with van der Waals surface area (Å²) < 4.78 is 7.03. The lowest BCUT2D eigenvalue weighted by Gasteiger charge is -1.80. The Balaban J connectivity index is 3.03. The van der Waals surface area contributed by atoms with Crippen LogP contribution in [0.2, 0.25) is 5.02 Å². The molecule has 0 atom stereocenters. The molecule has 0 saturated carbocycles. The molecule has 0 fully saturated rings. The van der Waals surface area contributed by atoms with Crippen LogP contribution in [0.1, 0.15) is 1.37 Å². The van der Waals surface area contributed by atoms with E-state index in [1.807, 2.05) is 0 Å². The summed E-state index contributed by atoms with van der Waals surface area (Å²) in [6.45, 7) is 0. The van der Waals surface area contributed by atoms with Gasteiger partial charge in [0.15, 0.2) is 0 Å². The minimum absolute atomic E-state index is 0.495. The second-order valence-electron chi connectivity index (χ2n) is 1.22. The smallest absolute Gasteiger partial charge is 0.0623 e. The molecule has 1 rings (SSSR count). The van der Waals surface area contributed by atoms with Crippen molar-refractivity contribution in [2.45, 2.75) is 0 Å². The van der Waals surface area contributed by atoms with Crippen LogP contribution in [0.25, 0.3) is 0 Å². The van der Waals surface area contributed by atoms with Crippen LogP contribution in [0.15, 0.2) is 30.3 Å². The Bertz CT molecular complexity index is 147. The number of hydrogen-bond acceptors (Lipinski definition) is 0. The van der Waals surface area contributed by atoms with E-state index in [0.29, 0.717) is 11.1 Å². The van der Waals surface area contributed by atoms with Crippen LogP contribution in [0.4, 0.5) is 0 Å². The third-order valence-corrected chi connectivity index (χ3v) is 0.930. The molecule has 0 aliphatic heterocycles. The first kappa shape index (κ1) is 3.50. The average molecular weight is 114 g/mol. The Morgan fingerprint density at radius 3 is 2.43 bits per heavy atom. The molecule has 0 heterocycles. The molecule has 0 aliphatic carbocycles. The highest BCUT2D eigenvalue weighted by Gasteiger charge is 1.74. The van der Waals surface area contributed by atoms with E-state index in [4.69, 9.17) is 13.0 Å². The molecule has 0 nitrogen and oxygen atoms in total. The zero-order valence-electron chi connectivity index (χ0n) is 4.69. The van der Waals surface area contributed by atoms with E-state index in [0.717, 1.165) is 0 Å². The van der Waals surface area contributed by atoms with Gasteiger partial charge in [-0.05, 0) is 12.1 Å². The van der Waals surface area contributed by atoms with Crippen molar-refractivity contribution in [1.29, 1.82) is 0 Å². The van der Waals surface area contributed by atoms with Gasteiger partial charge < -0.3 is 0 Å². The van der Waals surface area contributed by atoms with E-state index >= 15 is 0 Å². The normalized spacial score (nSPS) is 10.7. The van der Waals surface area contributed by atoms with Gasteiger partial charge in [0.05, 0.1) is 1.37 Å². The Labute approximate surface area is 49.1 Å². The highest BCUT2D eigenvalue weighted by Crippen LogP contribution is 2.03. The zero-order chi connectivity index (χ0) is 5.98. The van der Waals surface area contributed by atoms with E-state index < -0.39 is 0 Å². The van der Waals surface area contributed by atoms with Crippen LogP contribution in [-0.4, -0.2) is 0 Å². The maximum absolute atomic E-state index is 7.03. The van der Waals surface area contributed by atoms with E-state index in [1.165, 1.54) is 0 Å². The molecule has 0 aliphatic rings. The molecule has 0 aromatic heterocycles. The van der Waals surface area contributed by atoms with Crippen LogP contribution < -0.4 is 0 Å². The lowest BCUT2D eigenvalue weighted by atomic mass is 10.4. The Morgan fingerprint density at radius 2 is 2.00 bits per heavy atom. The first-order chi connectivity index (χ1) is 3.79. The van der Waals surface area contributed by atoms with Gasteiger partial charge in [-0.25, -0.2) is 0 Å². The fourth-order valence-electron chi connectivity index (χ4n) is 0.367. The van der Waals surface area contributed by atoms with Crippen molar-refractivity contribution in [3.8, 4) is 0 Å². The summed E-state index contributed by atoms with van der Waals surface area (Å²) in [5.41, 5.74) is 0. The van der Waals surface area contributed by atoms with Crippen LogP contribution >= 0.6 is 11.6 Å². The van der Waals surface area contributed by atoms with Gasteiger partial charge in [-0.3, -0.25) is 0 Å². The highest BCUT2D eigenvalue weighted by molar-refractivity contribution is 6.30. The van der Waals surface area contributed by atoms with E-state index in [1.54, 1.807) is 24.3 Å². The van der Waals surface area contributed by atoms with E-state index in [2.05, 4.69) is 0 Å². The van der Waals surface area contributed by atoms with Gasteiger partial charge in [0.1, 0.15) is 0 Å². The van der Waals surface area contributed by atoms with Crippen LogP contribution in [-0.2, 0) is 0 Å². The molecule has 1 heteroatoms. The van der Waals surface area contributed by atoms with Gasteiger partial charge >= 0.3 is 0 Å². The lowest BCUT2D eigenvalue weighted by molar-refractivity contribution is 1.71. The Hall–Kier alpha value is -0.490. The molecule has 1 aromatic carbocycles. The summed E-state index contributed by atoms with van der Waals surface area (Å²) in [7, 11) is 0. The predicted octanol–water partition coefficient (Wildman–Crippen LogP) is 2.34. The molecule has 0 spiro atoms. The summed E-state index contributed by atoms with van der Waals surface area (Å²) in [6, 6.07) is 7.20. The number of hydrogen-bond donors (Lipinski definition) is 0. The van der Waals surface area contributed by atoms with Gasteiger partial charge in [0.25, 0.3) is 0 Å². The standard InChI is InChI=1S/C6H5Cl/c7-6-4-2-1-3-5-6/h1-5H/i1D. The highest BCUT2D eigenvalue weighted by atomic mass is 35.5. The first-order valence-electron chi connectivity index (χ1n) is 2.51. The van der Waals surface area contributed by atoms with E-state index in [9.17, 15) is 0 Å². The van der Waals surface area contributed by atoms with Crippen molar-refractivity contribution in [1.82, 2.24) is 0 Å². The van der Waals surface area contributed by atoms with Gasteiger partial charge in [-0.1, -0.05) is 29.8 Å². The molecule has 0 saturated heterocycles. The SMILES string of the molecule is [2H]c1ccc(Cl)cc1. The fraction of sp³-hybridized carbons (Fsp3) is 0. The summed E-state index contributed by atoms with van der Waals surface area (Å²) in [5, 5.41) is 0.681. The Morgan fingerprint density at radius 1 is 1.43 bits per heavy atom. The molecule has 0 radical (unpaired) electrons. The molecule has 36 valence electrons. The summed E-state index contributed by atoms with van der Waals surface area (Å²) in [5.74, 6) is 0. The number of halogens is 1. The number of rotatable bonds is 0. The Kier molecular flexibility index (Phi) is 0.995. The fourth-order valence-corrected chi connectivity index (χ4v) is 0.493. The lowest BCUT2D eigenvalue weighted by Crippen LogP contribution is -1.55. The summed E-state index contributed by atoms with van der Waals surface area (Å²) >= 11 is 5.53. The van der Waals surface area contributed by atoms with Crippen molar-refractivity contribution >= 4 is 11.6 Å². The molecule has 0 unspecified atom stereocenters. The average Bonchev–Trinajstić information content (AvgIpc) is 1.77. The van der Waals surface area contributed by atoms with Crippen LogP contribution in [0.5, 0.6) is 0 Å². The minimum atomic E-state index is 0.495. The maximum atomic E-state index is 7.03. The molecule has 0 bridgehead atoms. The molecule has 7 heavy (non-hydrogen) atoms. The number of benzene rings is 1. The second-order valence-corrected chi connectivity index (χ2v) is 1.65. The first-order valence-corrected chi connectivity index (χ1v) is 2.39. The van der Waals surface area contributed by atoms with Crippen molar-refractivity contribution in [2.24, 2.45) is 0 Å². The second kappa shape index (κ2) is 1.99. The third kappa shape index (κ3) is 1.20. The molecule has 0 amide bonds. The quantitative estimate of drug-likeness (QED) is 0.485. The third-order valence-electron chi connectivity index (χ3n) is 0.678. The van der Waals surface area contributed by atoms with Crippen molar-refractivity contribution in [2.75, 3.05) is 0 Å². The predicted molar refractivity (Wildman–Crippen MR) is 31.5 cm³/mol. The zero-order valence-corrected chi connectivity index (χ0v) is 4.44.